The van der Waals surface area contributed by atoms with Gasteiger partial charge in [0.1, 0.15) is 5.78 Å². The Hall–Kier alpha value is -1.96. The highest BCUT2D eigenvalue weighted by Gasteiger charge is 2.14. The van der Waals surface area contributed by atoms with E-state index in [0.29, 0.717) is 6.42 Å². The van der Waals surface area contributed by atoms with Crippen LogP contribution in [0.15, 0.2) is 48.8 Å². The van der Waals surface area contributed by atoms with E-state index < -0.39 is 0 Å². The molecule has 0 radical (unpaired) electrons. The maximum Gasteiger partial charge on any atom is 0.140 e. The van der Waals surface area contributed by atoms with Gasteiger partial charge >= 0.3 is 0 Å². The largest absolute Gasteiger partial charge is 0.299 e. The topological polar surface area (TPSA) is 30.0 Å². The van der Waals surface area contributed by atoms with Gasteiger partial charge in [-0.3, -0.25) is 9.78 Å². The highest BCUT2D eigenvalue weighted by Crippen LogP contribution is 2.18. The molecule has 2 rings (SSSR count). The monoisotopic (exact) mass is 253 g/mol. The lowest BCUT2D eigenvalue weighted by Gasteiger charge is -2.10. The van der Waals surface area contributed by atoms with Crippen LogP contribution < -0.4 is 0 Å². The minimum Gasteiger partial charge on any atom is -0.299 e. The van der Waals surface area contributed by atoms with Crippen LogP contribution in [0.5, 0.6) is 0 Å². The molecular formula is C17H19NO. The zero-order valence-electron chi connectivity index (χ0n) is 11.5. The maximum absolute atomic E-state index is 12.2. The third kappa shape index (κ3) is 3.75. The van der Waals surface area contributed by atoms with Gasteiger partial charge in [0.15, 0.2) is 0 Å². The number of hydrogen-bond acceptors (Lipinski definition) is 2. The van der Waals surface area contributed by atoms with Gasteiger partial charge in [0.05, 0.1) is 0 Å². The van der Waals surface area contributed by atoms with Crippen molar-refractivity contribution in [2.75, 3.05) is 0 Å². The molecule has 1 unspecified atom stereocenters. The quantitative estimate of drug-likeness (QED) is 0.813. The van der Waals surface area contributed by atoms with E-state index in [1.807, 2.05) is 25.1 Å². The van der Waals surface area contributed by atoms with Gasteiger partial charge in [-0.25, -0.2) is 0 Å². The number of hydrogen-bond donors (Lipinski definition) is 0. The second-order valence-corrected chi connectivity index (χ2v) is 4.96. The summed E-state index contributed by atoms with van der Waals surface area (Å²) in [5, 5.41) is 0. The van der Waals surface area contributed by atoms with Gasteiger partial charge in [-0.05, 0) is 36.6 Å². The summed E-state index contributed by atoms with van der Waals surface area (Å²) < 4.78 is 0. The van der Waals surface area contributed by atoms with Crippen molar-refractivity contribution < 1.29 is 4.79 Å². The highest BCUT2D eigenvalue weighted by atomic mass is 16.1. The van der Waals surface area contributed by atoms with E-state index in [2.05, 4.69) is 30.1 Å². The molecule has 0 saturated heterocycles. The van der Waals surface area contributed by atoms with Crippen LogP contribution in [0.4, 0.5) is 0 Å². The zero-order chi connectivity index (χ0) is 13.7. The van der Waals surface area contributed by atoms with E-state index >= 15 is 0 Å². The lowest BCUT2D eigenvalue weighted by atomic mass is 9.93. The Bertz CT molecular complexity index is 548. The molecule has 0 aliphatic rings. The summed E-state index contributed by atoms with van der Waals surface area (Å²) in [5.74, 6) is 0.237. The molecule has 19 heavy (non-hydrogen) atoms. The molecule has 0 amide bonds. The molecule has 1 aromatic carbocycles. The normalized spacial score (nSPS) is 12.1. The van der Waals surface area contributed by atoms with Gasteiger partial charge in [0.25, 0.3) is 0 Å². The summed E-state index contributed by atoms with van der Waals surface area (Å²) >= 11 is 0. The summed E-state index contributed by atoms with van der Waals surface area (Å²) in [6, 6.07) is 12.2. The minimum absolute atomic E-state index is 0.0483. The average Bonchev–Trinajstić information content (AvgIpc) is 2.45. The number of nitrogens with zero attached hydrogens (tertiary/aromatic N) is 1. The smallest absolute Gasteiger partial charge is 0.140 e. The van der Waals surface area contributed by atoms with Crippen LogP contribution in [0.2, 0.25) is 0 Å². The van der Waals surface area contributed by atoms with Crippen molar-refractivity contribution in [3.63, 3.8) is 0 Å². The first-order valence-electron chi connectivity index (χ1n) is 6.65. The number of ketones is 1. The molecule has 98 valence electrons. The molecule has 0 fully saturated rings. The Morgan fingerprint density at radius 3 is 2.63 bits per heavy atom. The molecule has 0 N–H and O–H groups in total. The third-order valence-electron chi connectivity index (χ3n) is 3.43. The predicted molar refractivity (Wildman–Crippen MR) is 77.2 cm³/mol. The fourth-order valence-electron chi connectivity index (χ4n) is 2.19. The minimum atomic E-state index is -0.0483. The number of aromatic nitrogens is 1. The first-order chi connectivity index (χ1) is 9.16. The van der Waals surface area contributed by atoms with Crippen LogP contribution in [0, 0.1) is 6.92 Å². The standard InChI is InChI=1S/C17H19NO/c1-13-4-3-5-15(12-13)6-7-17(19)14(2)16-8-10-18-11-9-16/h3-5,8-12,14H,6-7H2,1-2H3. The fourth-order valence-corrected chi connectivity index (χ4v) is 2.19. The third-order valence-corrected chi connectivity index (χ3v) is 3.43. The lowest BCUT2D eigenvalue weighted by molar-refractivity contribution is -0.120. The molecular weight excluding hydrogens is 234 g/mol. The molecule has 0 aliphatic carbocycles. The number of pyridine rings is 1. The van der Waals surface area contributed by atoms with Crippen molar-refractivity contribution in [1.29, 1.82) is 0 Å². The van der Waals surface area contributed by atoms with Crippen LogP contribution in [-0.2, 0) is 11.2 Å². The molecule has 2 heteroatoms. The molecule has 1 atom stereocenters. The molecule has 1 aromatic heterocycles. The molecule has 0 saturated carbocycles. The van der Waals surface area contributed by atoms with Gasteiger partial charge in [0.2, 0.25) is 0 Å². The van der Waals surface area contributed by atoms with Crippen molar-refractivity contribution in [3.8, 4) is 0 Å². The lowest BCUT2D eigenvalue weighted by Crippen LogP contribution is -2.10. The highest BCUT2D eigenvalue weighted by molar-refractivity contribution is 5.85. The van der Waals surface area contributed by atoms with Crippen molar-refractivity contribution in [2.24, 2.45) is 0 Å². The molecule has 0 spiro atoms. The van der Waals surface area contributed by atoms with Crippen LogP contribution in [0.3, 0.4) is 0 Å². The second-order valence-electron chi connectivity index (χ2n) is 4.96. The van der Waals surface area contributed by atoms with E-state index in [4.69, 9.17) is 0 Å². The molecule has 2 aromatic rings. The number of carbonyl (C=O) groups is 1. The van der Waals surface area contributed by atoms with Gasteiger partial charge < -0.3 is 0 Å². The van der Waals surface area contributed by atoms with Crippen molar-refractivity contribution in [3.05, 3.63) is 65.5 Å². The predicted octanol–water partition coefficient (Wildman–Crippen LogP) is 3.70. The first-order valence-corrected chi connectivity index (χ1v) is 6.65. The summed E-state index contributed by atoms with van der Waals surface area (Å²) in [4.78, 5) is 16.2. The maximum atomic E-state index is 12.2. The SMILES string of the molecule is Cc1cccc(CCC(=O)C(C)c2ccncc2)c1. The van der Waals surface area contributed by atoms with Crippen molar-refractivity contribution in [1.82, 2.24) is 4.98 Å². The Labute approximate surface area is 114 Å². The van der Waals surface area contributed by atoms with Crippen LogP contribution in [0.25, 0.3) is 0 Å². The van der Waals surface area contributed by atoms with E-state index in [9.17, 15) is 4.79 Å². The number of aryl methyl sites for hydroxylation is 2. The van der Waals surface area contributed by atoms with Crippen LogP contribution in [-0.4, -0.2) is 10.8 Å². The Balaban J connectivity index is 1.95. The van der Waals surface area contributed by atoms with Gasteiger partial charge in [-0.15, -0.1) is 0 Å². The molecule has 1 heterocycles. The summed E-state index contributed by atoms with van der Waals surface area (Å²) in [7, 11) is 0. The molecule has 0 bridgehead atoms. The number of Topliss-reactive ketones (excluding diaryl/α,β-unsaturated/α-hetero) is 1. The van der Waals surface area contributed by atoms with E-state index in [0.717, 1.165) is 12.0 Å². The van der Waals surface area contributed by atoms with Crippen molar-refractivity contribution >= 4 is 5.78 Å². The van der Waals surface area contributed by atoms with Gasteiger partial charge in [-0.1, -0.05) is 36.8 Å². The zero-order valence-corrected chi connectivity index (χ0v) is 11.5. The Morgan fingerprint density at radius 1 is 1.21 bits per heavy atom. The number of benzene rings is 1. The van der Waals surface area contributed by atoms with Crippen LogP contribution >= 0.6 is 0 Å². The number of rotatable bonds is 5. The van der Waals surface area contributed by atoms with E-state index in [-0.39, 0.29) is 11.7 Å². The van der Waals surface area contributed by atoms with Crippen LogP contribution in [0.1, 0.15) is 36.0 Å². The Morgan fingerprint density at radius 2 is 1.95 bits per heavy atom. The molecule has 0 aliphatic heterocycles. The van der Waals surface area contributed by atoms with Crippen molar-refractivity contribution in [2.45, 2.75) is 32.6 Å². The van der Waals surface area contributed by atoms with Gasteiger partial charge in [-0.2, -0.15) is 0 Å². The first kappa shape index (κ1) is 13.5. The van der Waals surface area contributed by atoms with E-state index in [1.165, 1.54) is 11.1 Å². The van der Waals surface area contributed by atoms with Gasteiger partial charge in [0, 0.05) is 24.7 Å². The number of carbonyl (C=O) groups excluding carboxylic acids is 1. The van der Waals surface area contributed by atoms with E-state index in [1.54, 1.807) is 12.4 Å². The summed E-state index contributed by atoms with van der Waals surface area (Å²) in [5.41, 5.74) is 3.52. The average molecular weight is 253 g/mol. The summed E-state index contributed by atoms with van der Waals surface area (Å²) in [6.07, 6.45) is 4.88. The Kier molecular flexibility index (Phi) is 4.45. The fraction of sp³-hybridized carbons (Fsp3) is 0.294. The summed E-state index contributed by atoms with van der Waals surface area (Å²) in [6.45, 7) is 4.04. The second kappa shape index (κ2) is 6.28. The molecule has 2 nitrogen and oxygen atoms in total.